The summed E-state index contributed by atoms with van der Waals surface area (Å²) in [6, 6.07) is 2.80. The Balaban J connectivity index is 2.42. The van der Waals surface area contributed by atoms with Crippen molar-refractivity contribution in [2.24, 2.45) is 0 Å². The highest BCUT2D eigenvalue weighted by atomic mass is 35.5. The van der Waals surface area contributed by atoms with Crippen LogP contribution in [0.15, 0.2) is 18.2 Å². The van der Waals surface area contributed by atoms with E-state index in [1.165, 1.54) is 0 Å². The van der Waals surface area contributed by atoms with E-state index in [9.17, 15) is 26.3 Å². The predicted octanol–water partition coefficient (Wildman–Crippen LogP) is 4.74. The molecule has 2 nitrogen and oxygen atoms in total. The molecule has 9 heteroatoms. The second kappa shape index (κ2) is 7.22. The predicted molar refractivity (Wildman–Crippen MR) is 66.4 cm³/mol. The van der Waals surface area contributed by atoms with Crippen LogP contribution >= 0.6 is 11.6 Å². The van der Waals surface area contributed by atoms with E-state index in [0.29, 0.717) is 0 Å². The Morgan fingerprint density at radius 2 is 1.76 bits per heavy atom. The topological polar surface area (TPSA) is 21.3 Å². The highest BCUT2D eigenvalue weighted by Crippen LogP contribution is 2.33. The first-order valence-corrected chi connectivity index (χ1v) is 6.22. The second-order valence-electron chi connectivity index (χ2n) is 4.14. The third-order valence-electron chi connectivity index (χ3n) is 2.34. The lowest BCUT2D eigenvalue weighted by Gasteiger charge is -2.12. The van der Waals surface area contributed by atoms with Crippen LogP contribution in [0.4, 0.5) is 32.0 Å². The number of benzene rings is 1. The van der Waals surface area contributed by atoms with Gasteiger partial charge in [0.1, 0.15) is 6.61 Å². The minimum atomic E-state index is -4.49. The maximum absolute atomic E-state index is 12.5. The normalized spacial score (nSPS) is 12.5. The van der Waals surface area contributed by atoms with Gasteiger partial charge in [0.25, 0.3) is 0 Å². The van der Waals surface area contributed by atoms with E-state index < -0.39 is 24.5 Å². The van der Waals surface area contributed by atoms with Crippen molar-refractivity contribution in [1.82, 2.24) is 0 Å². The molecule has 0 aromatic heterocycles. The van der Waals surface area contributed by atoms with Gasteiger partial charge in [0, 0.05) is 13.2 Å². The van der Waals surface area contributed by atoms with Gasteiger partial charge < -0.3 is 10.1 Å². The van der Waals surface area contributed by atoms with Gasteiger partial charge in [-0.05, 0) is 24.6 Å². The maximum atomic E-state index is 12.5. The summed E-state index contributed by atoms with van der Waals surface area (Å²) in [5, 5.41) is 2.73. The summed E-state index contributed by atoms with van der Waals surface area (Å²) in [5.74, 6) is 0. The minimum Gasteiger partial charge on any atom is -0.384 e. The standard InChI is InChI=1S/C12H12ClF6NO/c13-9-3-2-8(12(17,18)19)6-10(9)20-4-1-5-21-7-11(14,15)16/h2-3,6,20H,1,4-5,7H2. The molecule has 1 aromatic carbocycles. The summed E-state index contributed by atoms with van der Waals surface area (Å²) in [7, 11) is 0. The minimum absolute atomic E-state index is 0.0716. The molecular weight excluding hydrogens is 324 g/mol. The van der Waals surface area contributed by atoms with Crippen LogP contribution in [0.5, 0.6) is 0 Å². The molecule has 0 heterocycles. The van der Waals surface area contributed by atoms with E-state index in [2.05, 4.69) is 10.1 Å². The third kappa shape index (κ3) is 6.90. The largest absolute Gasteiger partial charge is 0.416 e. The van der Waals surface area contributed by atoms with Crippen molar-refractivity contribution in [1.29, 1.82) is 0 Å². The van der Waals surface area contributed by atoms with E-state index in [0.717, 1.165) is 18.2 Å². The van der Waals surface area contributed by atoms with Crippen LogP contribution < -0.4 is 5.32 Å². The fourth-order valence-corrected chi connectivity index (χ4v) is 1.61. The Hall–Kier alpha value is -1.15. The van der Waals surface area contributed by atoms with Gasteiger partial charge in [-0.15, -0.1) is 0 Å². The van der Waals surface area contributed by atoms with Gasteiger partial charge >= 0.3 is 12.4 Å². The molecule has 0 aliphatic heterocycles. The van der Waals surface area contributed by atoms with Gasteiger partial charge in [-0.1, -0.05) is 11.6 Å². The first kappa shape index (κ1) is 17.9. The van der Waals surface area contributed by atoms with E-state index in [1.54, 1.807) is 0 Å². The lowest BCUT2D eigenvalue weighted by molar-refractivity contribution is -0.173. The number of nitrogens with one attached hydrogen (secondary N) is 1. The number of alkyl halides is 6. The molecule has 0 radical (unpaired) electrons. The third-order valence-corrected chi connectivity index (χ3v) is 2.67. The molecule has 0 aliphatic rings. The zero-order valence-corrected chi connectivity index (χ0v) is 11.4. The molecule has 1 rings (SSSR count). The summed E-state index contributed by atoms with van der Waals surface area (Å²) in [6.45, 7) is -1.38. The Morgan fingerprint density at radius 3 is 2.33 bits per heavy atom. The van der Waals surface area contributed by atoms with Crippen molar-refractivity contribution >= 4 is 17.3 Å². The molecule has 1 aromatic rings. The van der Waals surface area contributed by atoms with Gasteiger partial charge in [-0.3, -0.25) is 0 Å². The summed E-state index contributed by atoms with van der Waals surface area (Å²) < 4.78 is 77.2. The van der Waals surface area contributed by atoms with Crippen molar-refractivity contribution in [3.05, 3.63) is 28.8 Å². The average molecular weight is 336 g/mol. The summed E-state index contributed by atoms with van der Waals surface area (Å²) in [4.78, 5) is 0. The quantitative estimate of drug-likeness (QED) is 0.599. The Kier molecular flexibility index (Phi) is 6.15. The van der Waals surface area contributed by atoms with Crippen LogP contribution in [0.25, 0.3) is 0 Å². The fourth-order valence-electron chi connectivity index (χ4n) is 1.42. The molecule has 0 aliphatic carbocycles. The Bertz CT molecular complexity index is 460. The molecule has 0 saturated heterocycles. The monoisotopic (exact) mass is 335 g/mol. The Morgan fingerprint density at radius 1 is 1.10 bits per heavy atom. The van der Waals surface area contributed by atoms with Gasteiger partial charge in [-0.25, -0.2) is 0 Å². The highest BCUT2D eigenvalue weighted by molar-refractivity contribution is 6.33. The van der Waals surface area contributed by atoms with Crippen LogP contribution in [0.3, 0.4) is 0 Å². The van der Waals surface area contributed by atoms with Crippen molar-refractivity contribution < 1.29 is 31.1 Å². The zero-order valence-electron chi connectivity index (χ0n) is 10.6. The smallest absolute Gasteiger partial charge is 0.384 e. The molecule has 21 heavy (non-hydrogen) atoms. The van der Waals surface area contributed by atoms with Crippen molar-refractivity contribution in [2.45, 2.75) is 18.8 Å². The second-order valence-corrected chi connectivity index (χ2v) is 4.55. The summed E-state index contributed by atoms with van der Waals surface area (Å²) in [5.41, 5.74) is -0.787. The molecule has 0 unspecified atom stereocenters. The molecule has 0 atom stereocenters. The molecule has 1 N–H and O–H groups in total. The van der Waals surface area contributed by atoms with Crippen molar-refractivity contribution in [3.8, 4) is 0 Å². The SMILES string of the molecule is FC(F)(F)COCCCNc1cc(C(F)(F)F)ccc1Cl. The van der Waals surface area contributed by atoms with Gasteiger partial charge in [-0.2, -0.15) is 26.3 Å². The van der Waals surface area contributed by atoms with Crippen LogP contribution in [0.2, 0.25) is 5.02 Å². The average Bonchev–Trinajstić information content (AvgIpc) is 2.32. The van der Waals surface area contributed by atoms with Crippen molar-refractivity contribution in [3.63, 3.8) is 0 Å². The van der Waals surface area contributed by atoms with E-state index >= 15 is 0 Å². The van der Waals surface area contributed by atoms with Crippen LogP contribution in [0.1, 0.15) is 12.0 Å². The molecule has 120 valence electrons. The lowest BCUT2D eigenvalue weighted by atomic mass is 10.2. The first-order valence-electron chi connectivity index (χ1n) is 5.85. The van der Waals surface area contributed by atoms with E-state index in [4.69, 9.17) is 11.6 Å². The molecular formula is C12H12ClF6NO. The maximum Gasteiger partial charge on any atom is 0.416 e. The highest BCUT2D eigenvalue weighted by Gasteiger charge is 2.31. The van der Waals surface area contributed by atoms with Gasteiger partial charge in [0.2, 0.25) is 0 Å². The van der Waals surface area contributed by atoms with Crippen LogP contribution in [0, 0.1) is 0 Å². The summed E-state index contributed by atoms with van der Waals surface area (Å²) >= 11 is 5.74. The number of anilines is 1. The molecule has 0 amide bonds. The number of ether oxygens (including phenoxy) is 1. The van der Waals surface area contributed by atoms with Gasteiger partial charge in [0.05, 0.1) is 16.3 Å². The molecule has 0 saturated carbocycles. The molecule has 0 fully saturated rings. The van der Waals surface area contributed by atoms with E-state index in [-0.39, 0.29) is 30.3 Å². The van der Waals surface area contributed by atoms with Gasteiger partial charge in [0.15, 0.2) is 0 Å². The Labute approximate surface area is 122 Å². The fraction of sp³-hybridized carbons (Fsp3) is 0.500. The van der Waals surface area contributed by atoms with Crippen molar-refractivity contribution in [2.75, 3.05) is 25.1 Å². The number of halogens is 7. The number of hydrogen-bond acceptors (Lipinski definition) is 2. The summed E-state index contributed by atoms with van der Waals surface area (Å²) in [6.07, 6.45) is -8.68. The molecule has 0 bridgehead atoms. The molecule has 0 spiro atoms. The zero-order chi connectivity index (χ0) is 16.1. The lowest BCUT2D eigenvalue weighted by Crippen LogP contribution is -2.18. The van der Waals surface area contributed by atoms with E-state index in [1.807, 2.05) is 0 Å². The van der Waals surface area contributed by atoms with Crippen LogP contribution in [-0.2, 0) is 10.9 Å². The number of rotatable bonds is 6. The van der Waals surface area contributed by atoms with Crippen LogP contribution in [-0.4, -0.2) is 25.9 Å². The number of hydrogen-bond donors (Lipinski definition) is 1. The first-order chi connectivity index (χ1) is 9.59.